The molecule has 1 heterocycles. The number of hydrogen-bond acceptors (Lipinski definition) is 3. The molecule has 4 nitrogen and oxygen atoms in total. The zero-order valence-electron chi connectivity index (χ0n) is 9.69. The monoisotopic (exact) mass is 275 g/mol. The lowest BCUT2D eigenvalue weighted by Crippen LogP contribution is -2.15. The number of nitrogens with zero attached hydrogens (tertiary/aromatic N) is 3. The number of alkyl halides is 3. The zero-order valence-corrected chi connectivity index (χ0v) is 9.69. The lowest BCUT2D eigenvalue weighted by Gasteiger charge is -2.17. The van der Waals surface area contributed by atoms with Crippen LogP contribution < -0.4 is 0 Å². The maximum Gasteiger partial charge on any atom is 0.416 e. The van der Waals surface area contributed by atoms with Gasteiger partial charge in [-0.1, -0.05) is 11.3 Å². The van der Waals surface area contributed by atoms with Gasteiger partial charge in [0, 0.05) is 7.05 Å². The second-order valence-corrected chi connectivity index (χ2v) is 3.91. The molecule has 0 spiro atoms. The first-order chi connectivity index (χ1) is 8.80. The Balaban J connectivity index is 2.54. The van der Waals surface area contributed by atoms with Crippen LogP contribution in [-0.4, -0.2) is 20.1 Å². The minimum Gasteiger partial charge on any atom is -0.382 e. The minimum absolute atomic E-state index is 0.0807. The molecule has 1 aromatic heterocycles. The Kier molecular flexibility index (Phi) is 3.27. The van der Waals surface area contributed by atoms with Gasteiger partial charge in [-0.3, -0.25) is 0 Å². The maximum atomic E-state index is 13.0. The standard InChI is InChI=1S/C11H9F4N3O/c1-18-9(5-16-17-18)10(19)7-3-2-6(12)4-8(7)11(13,14)15/h2-5,10,19H,1H3. The van der Waals surface area contributed by atoms with Crippen LogP contribution in [0.15, 0.2) is 24.4 Å². The van der Waals surface area contributed by atoms with Crippen molar-refractivity contribution in [3.63, 3.8) is 0 Å². The SMILES string of the molecule is Cn1nncc1C(O)c1ccc(F)cc1C(F)(F)F. The van der Waals surface area contributed by atoms with E-state index in [1.807, 2.05) is 0 Å². The van der Waals surface area contributed by atoms with Crippen LogP contribution in [0.4, 0.5) is 17.6 Å². The van der Waals surface area contributed by atoms with Crippen LogP contribution in [0.1, 0.15) is 22.9 Å². The summed E-state index contributed by atoms with van der Waals surface area (Å²) in [7, 11) is 1.43. The topological polar surface area (TPSA) is 50.9 Å². The third kappa shape index (κ3) is 2.58. The fourth-order valence-electron chi connectivity index (χ4n) is 1.72. The number of benzene rings is 1. The van der Waals surface area contributed by atoms with E-state index in [-0.39, 0.29) is 5.69 Å². The summed E-state index contributed by atoms with van der Waals surface area (Å²) in [5.74, 6) is -1.02. The second kappa shape index (κ2) is 4.61. The van der Waals surface area contributed by atoms with E-state index in [0.717, 1.165) is 23.0 Å². The summed E-state index contributed by atoms with van der Waals surface area (Å²) < 4.78 is 52.5. The Bertz CT molecular complexity index is 594. The summed E-state index contributed by atoms with van der Waals surface area (Å²) in [6.07, 6.45) is -5.20. The molecule has 2 aromatic rings. The summed E-state index contributed by atoms with van der Waals surface area (Å²) >= 11 is 0. The largest absolute Gasteiger partial charge is 0.416 e. The van der Waals surface area contributed by atoms with Gasteiger partial charge in [0.25, 0.3) is 0 Å². The van der Waals surface area contributed by atoms with Crippen molar-refractivity contribution < 1.29 is 22.7 Å². The number of halogens is 4. The normalized spacial score (nSPS) is 13.6. The quantitative estimate of drug-likeness (QED) is 0.853. The molecule has 0 saturated heterocycles. The number of aryl methyl sites for hydroxylation is 1. The predicted molar refractivity (Wildman–Crippen MR) is 56.5 cm³/mol. The number of aromatic nitrogens is 3. The van der Waals surface area contributed by atoms with Crippen molar-refractivity contribution in [3.8, 4) is 0 Å². The van der Waals surface area contributed by atoms with E-state index < -0.39 is 29.2 Å². The Labute approximate surface area is 105 Å². The molecule has 102 valence electrons. The Morgan fingerprint density at radius 1 is 1.32 bits per heavy atom. The Morgan fingerprint density at radius 3 is 2.53 bits per heavy atom. The Morgan fingerprint density at radius 2 is 2.00 bits per heavy atom. The average molecular weight is 275 g/mol. The minimum atomic E-state index is -4.76. The molecular formula is C11H9F4N3O. The van der Waals surface area contributed by atoms with Crippen molar-refractivity contribution in [1.82, 2.24) is 15.0 Å². The third-order valence-corrected chi connectivity index (χ3v) is 2.64. The molecule has 0 aliphatic rings. The first kappa shape index (κ1) is 13.5. The van der Waals surface area contributed by atoms with Gasteiger partial charge < -0.3 is 5.11 Å². The van der Waals surface area contributed by atoms with Gasteiger partial charge in [-0.05, 0) is 17.7 Å². The molecule has 0 aliphatic heterocycles. The van der Waals surface area contributed by atoms with E-state index in [2.05, 4.69) is 10.3 Å². The van der Waals surface area contributed by atoms with Gasteiger partial charge in [-0.15, -0.1) is 5.10 Å². The van der Waals surface area contributed by atoms with Gasteiger partial charge in [0.1, 0.15) is 11.9 Å². The summed E-state index contributed by atoms with van der Waals surface area (Å²) in [4.78, 5) is 0. The Hall–Kier alpha value is -1.96. The number of aliphatic hydroxyl groups is 1. The third-order valence-electron chi connectivity index (χ3n) is 2.64. The highest BCUT2D eigenvalue weighted by Crippen LogP contribution is 2.36. The molecule has 2 rings (SSSR count). The van der Waals surface area contributed by atoms with Crippen LogP contribution in [0.25, 0.3) is 0 Å². The molecule has 1 aromatic carbocycles. The van der Waals surface area contributed by atoms with Gasteiger partial charge in [-0.2, -0.15) is 13.2 Å². The molecule has 0 radical (unpaired) electrons. The van der Waals surface area contributed by atoms with Crippen molar-refractivity contribution in [3.05, 3.63) is 47.0 Å². The summed E-state index contributed by atoms with van der Waals surface area (Å²) in [5, 5.41) is 17.0. The van der Waals surface area contributed by atoms with E-state index in [0.29, 0.717) is 6.07 Å². The second-order valence-electron chi connectivity index (χ2n) is 3.91. The van der Waals surface area contributed by atoms with Crippen LogP contribution >= 0.6 is 0 Å². The molecule has 0 fully saturated rings. The van der Waals surface area contributed by atoms with Crippen LogP contribution in [0.2, 0.25) is 0 Å². The maximum absolute atomic E-state index is 13.0. The highest BCUT2D eigenvalue weighted by molar-refractivity contribution is 5.35. The van der Waals surface area contributed by atoms with E-state index in [4.69, 9.17) is 0 Å². The lowest BCUT2D eigenvalue weighted by molar-refractivity contribution is -0.139. The molecule has 0 aliphatic carbocycles. The van der Waals surface area contributed by atoms with Crippen molar-refractivity contribution in [2.24, 2.45) is 7.05 Å². The number of hydrogen-bond donors (Lipinski definition) is 1. The molecule has 0 saturated carbocycles. The van der Waals surface area contributed by atoms with E-state index in [1.165, 1.54) is 7.05 Å². The average Bonchev–Trinajstić information content (AvgIpc) is 2.73. The predicted octanol–water partition coefficient (Wildman–Crippen LogP) is 2.05. The number of rotatable bonds is 2. The highest BCUT2D eigenvalue weighted by atomic mass is 19.4. The molecule has 1 N–H and O–H groups in total. The molecular weight excluding hydrogens is 266 g/mol. The molecule has 1 atom stereocenters. The van der Waals surface area contributed by atoms with Crippen LogP contribution in [0.3, 0.4) is 0 Å². The molecule has 0 bridgehead atoms. The highest BCUT2D eigenvalue weighted by Gasteiger charge is 2.36. The lowest BCUT2D eigenvalue weighted by atomic mass is 10.00. The van der Waals surface area contributed by atoms with Crippen molar-refractivity contribution in [2.75, 3.05) is 0 Å². The molecule has 19 heavy (non-hydrogen) atoms. The first-order valence-corrected chi connectivity index (χ1v) is 5.20. The summed E-state index contributed by atoms with van der Waals surface area (Å²) in [6.45, 7) is 0. The smallest absolute Gasteiger partial charge is 0.382 e. The van der Waals surface area contributed by atoms with Crippen LogP contribution in [-0.2, 0) is 13.2 Å². The zero-order chi connectivity index (χ0) is 14.2. The molecule has 0 amide bonds. The van der Waals surface area contributed by atoms with Gasteiger partial charge in [-0.25, -0.2) is 9.07 Å². The van der Waals surface area contributed by atoms with E-state index >= 15 is 0 Å². The number of aliphatic hydroxyl groups excluding tert-OH is 1. The molecule has 1 unspecified atom stereocenters. The van der Waals surface area contributed by atoms with Gasteiger partial charge in [0.2, 0.25) is 0 Å². The van der Waals surface area contributed by atoms with Crippen molar-refractivity contribution >= 4 is 0 Å². The van der Waals surface area contributed by atoms with Gasteiger partial charge in [0.05, 0.1) is 17.5 Å². The fourth-order valence-corrected chi connectivity index (χ4v) is 1.72. The van der Waals surface area contributed by atoms with Gasteiger partial charge >= 0.3 is 6.18 Å². The van der Waals surface area contributed by atoms with Crippen LogP contribution in [0, 0.1) is 5.82 Å². The van der Waals surface area contributed by atoms with Crippen molar-refractivity contribution in [1.29, 1.82) is 0 Å². The van der Waals surface area contributed by atoms with E-state index in [9.17, 15) is 22.7 Å². The first-order valence-electron chi connectivity index (χ1n) is 5.20. The van der Waals surface area contributed by atoms with Crippen LogP contribution in [0.5, 0.6) is 0 Å². The van der Waals surface area contributed by atoms with Crippen molar-refractivity contribution in [2.45, 2.75) is 12.3 Å². The van der Waals surface area contributed by atoms with E-state index in [1.54, 1.807) is 0 Å². The summed E-state index contributed by atoms with van der Waals surface area (Å²) in [6, 6.07) is 2.11. The molecule has 8 heteroatoms. The summed E-state index contributed by atoms with van der Waals surface area (Å²) in [5.41, 5.74) is -1.59. The fraction of sp³-hybridized carbons (Fsp3) is 0.273. The van der Waals surface area contributed by atoms with Gasteiger partial charge in [0.15, 0.2) is 0 Å².